The minimum atomic E-state index is 0.166. The Bertz CT molecular complexity index is 603. The Balaban J connectivity index is 1.69. The largest absolute Gasteiger partial charge is 0.493 e. The first kappa shape index (κ1) is 18.8. The van der Waals surface area contributed by atoms with Crippen LogP contribution in [0.15, 0.2) is 12.1 Å². The van der Waals surface area contributed by atoms with Gasteiger partial charge in [0.25, 0.3) is 0 Å². The van der Waals surface area contributed by atoms with Crippen molar-refractivity contribution in [2.24, 2.45) is 5.92 Å². The van der Waals surface area contributed by atoms with E-state index in [1.54, 1.807) is 21.3 Å². The lowest BCUT2D eigenvalue weighted by molar-refractivity contribution is -0.921. The van der Waals surface area contributed by atoms with Crippen molar-refractivity contribution in [1.29, 1.82) is 0 Å². The Morgan fingerprint density at radius 1 is 1.08 bits per heavy atom. The zero-order valence-electron chi connectivity index (χ0n) is 16.2. The molecular weight excluding hydrogens is 332 g/mol. The molecule has 2 saturated heterocycles. The molecule has 0 aliphatic carbocycles. The van der Waals surface area contributed by atoms with Crippen molar-refractivity contribution in [3.8, 4) is 17.2 Å². The highest BCUT2D eigenvalue weighted by molar-refractivity contribution is 5.79. The van der Waals surface area contributed by atoms with E-state index in [0.717, 1.165) is 64.0 Å². The molecule has 2 atom stereocenters. The van der Waals surface area contributed by atoms with Gasteiger partial charge in [-0.15, -0.1) is 0 Å². The van der Waals surface area contributed by atoms with E-state index in [1.807, 2.05) is 12.1 Å². The van der Waals surface area contributed by atoms with Crippen molar-refractivity contribution < 1.29 is 23.9 Å². The molecule has 0 spiro atoms. The van der Waals surface area contributed by atoms with Gasteiger partial charge in [0.1, 0.15) is 6.54 Å². The minimum Gasteiger partial charge on any atom is -0.493 e. The lowest BCUT2D eigenvalue weighted by Crippen LogP contribution is -3.12. The fourth-order valence-corrected chi connectivity index (χ4v) is 4.24. The first-order chi connectivity index (χ1) is 12.7. The molecule has 1 amide bonds. The molecule has 26 heavy (non-hydrogen) atoms. The monoisotopic (exact) mass is 363 g/mol. The molecule has 3 rings (SSSR count). The van der Waals surface area contributed by atoms with Gasteiger partial charge in [0.15, 0.2) is 11.5 Å². The van der Waals surface area contributed by atoms with E-state index in [2.05, 4.69) is 4.90 Å². The van der Waals surface area contributed by atoms with Crippen molar-refractivity contribution in [1.82, 2.24) is 4.90 Å². The quantitative estimate of drug-likeness (QED) is 0.823. The van der Waals surface area contributed by atoms with E-state index in [1.165, 1.54) is 4.90 Å². The van der Waals surface area contributed by atoms with Gasteiger partial charge in [-0.1, -0.05) is 0 Å². The molecule has 0 bridgehead atoms. The number of quaternary nitrogens is 1. The lowest BCUT2D eigenvalue weighted by atomic mass is 9.96. The van der Waals surface area contributed by atoms with E-state index >= 15 is 0 Å². The maximum Gasteiger partial charge on any atom is 0.231 e. The summed E-state index contributed by atoms with van der Waals surface area (Å²) in [5.74, 6) is 2.52. The number of nitrogens with one attached hydrogen (secondary N) is 1. The molecule has 6 heteroatoms. The molecule has 0 aromatic heterocycles. The highest BCUT2D eigenvalue weighted by Crippen LogP contribution is 2.38. The molecule has 0 radical (unpaired) electrons. The second-order valence-electron chi connectivity index (χ2n) is 7.29. The van der Waals surface area contributed by atoms with E-state index in [4.69, 9.17) is 14.2 Å². The normalized spacial score (nSPS) is 23.0. The zero-order chi connectivity index (χ0) is 18.5. The zero-order valence-corrected chi connectivity index (χ0v) is 16.2. The van der Waals surface area contributed by atoms with Crippen LogP contribution in [-0.4, -0.2) is 58.3 Å². The van der Waals surface area contributed by atoms with Crippen molar-refractivity contribution in [2.75, 3.05) is 47.5 Å². The van der Waals surface area contributed by atoms with Crippen LogP contribution in [0.1, 0.15) is 31.2 Å². The Morgan fingerprint density at radius 2 is 1.73 bits per heavy atom. The van der Waals surface area contributed by atoms with E-state index < -0.39 is 0 Å². The summed E-state index contributed by atoms with van der Waals surface area (Å²) in [6, 6.07) is 4.03. The van der Waals surface area contributed by atoms with Gasteiger partial charge in [0, 0.05) is 18.7 Å². The van der Waals surface area contributed by atoms with Crippen LogP contribution in [0.4, 0.5) is 0 Å². The smallest absolute Gasteiger partial charge is 0.231 e. The molecule has 1 N–H and O–H groups in total. The first-order valence-electron chi connectivity index (χ1n) is 9.57. The average molecular weight is 363 g/mol. The molecule has 1 aromatic carbocycles. The standard InChI is InChI=1S/C20H30N2O4/c1-24-17-11-15(12-18(25-2)19(17)26-3)13-21-8-6-7-16(14-21)20(23)22-9-4-5-10-22/h11-12,16H,4-10,13-14H2,1-3H3/p+1/t16-/m0/s1. The summed E-state index contributed by atoms with van der Waals surface area (Å²) in [6.45, 7) is 4.75. The van der Waals surface area contributed by atoms with Crippen LogP contribution in [0, 0.1) is 5.92 Å². The number of hydrogen-bond acceptors (Lipinski definition) is 4. The topological polar surface area (TPSA) is 52.4 Å². The van der Waals surface area contributed by atoms with E-state index in [9.17, 15) is 4.79 Å². The minimum absolute atomic E-state index is 0.166. The van der Waals surface area contributed by atoms with Crippen LogP contribution in [0.25, 0.3) is 0 Å². The number of amides is 1. The number of ether oxygens (including phenoxy) is 3. The van der Waals surface area contributed by atoms with Crippen LogP contribution in [0.3, 0.4) is 0 Å². The predicted octanol–water partition coefficient (Wildman–Crippen LogP) is 1.13. The fraction of sp³-hybridized carbons (Fsp3) is 0.650. The van der Waals surface area contributed by atoms with Crippen LogP contribution in [0.2, 0.25) is 0 Å². The molecule has 1 aromatic rings. The predicted molar refractivity (Wildman–Crippen MR) is 99.0 cm³/mol. The van der Waals surface area contributed by atoms with Gasteiger partial charge in [-0.2, -0.15) is 0 Å². The van der Waals surface area contributed by atoms with Gasteiger partial charge < -0.3 is 24.0 Å². The number of carbonyl (C=O) groups is 1. The number of carbonyl (C=O) groups excluding carboxylic acids is 1. The summed E-state index contributed by atoms with van der Waals surface area (Å²) in [5, 5.41) is 0. The molecule has 2 aliphatic rings. The molecule has 144 valence electrons. The Labute approximate surface area is 156 Å². The van der Waals surface area contributed by atoms with Gasteiger partial charge in [0.05, 0.1) is 40.3 Å². The summed E-state index contributed by atoms with van der Waals surface area (Å²) >= 11 is 0. The third-order valence-electron chi connectivity index (χ3n) is 5.56. The first-order valence-corrected chi connectivity index (χ1v) is 9.57. The summed E-state index contributed by atoms with van der Waals surface area (Å²) < 4.78 is 16.3. The second-order valence-corrected chi connectivity index (χ2v) is 7.29. The molecule has 2 aliphatic heterocycles. The van der Waals surface area contributed by atoms with Crippen LogP contribution < -0.4 is 19.1 Å². The third kappa shape index (κ3) is 4.06. The second kappa shape index (κ2) is 8.62. The Hall–Kier alpha value is -1.95. The summed E-state index contributed by atoms with van der Waals surface area (Å²) in [4.78, 5) is 16.2. The highest BCUT2D eigenvalue weighted by Gasteiger charge is 2.33. The van der Waals surface area contributed by atoms with E-state index in [0.29, 0.717) is 23.2 Å². The SMILES string of the molecule is COc1cc(C[NH+]2CCC[C@H](C(=O)N3CCCC3)C2)cc(OC)c1OC. The van der Waals surface area contributed by atoms with Gasteiger partial charge in [-0.25, -0.2) is 0 Å². The number of benzene rings is 1. The molecule has 0 saturated carbocycles. The molecule has 2 heterocycles. The maximum absolute atomic E-state index is 12.7. The summed E-state index contributed by atoms with van der Waals surface area (Å²) in [7, 11) is 4.89. The van der Waals surface area contributed by atoms with Crippen molar-refractivity contribution >= 4 is 5.91 Å². The van der Waals surface area contributed by atoms with Crippen LogP contribution in [0.5, 0.6) is 17.2 Å². The average Bonchev–Trinajstić information content (AvgIpc) is 3.21. The van der Waals surface area contributed by atoms with Crippen molar-refractivity contribution in [3.63, 3.8) is 0 Å². The number of hydrogen-bond donors (Lipinski definition) is 1. The summed E-state index contributed by atoms with van der Waals surface area (Å²) in [6.07, 6.45) is 4.43. The number of likely N-dealkylation sites (tertiary alicyclic amines) is 2. The Kier molecular flexibility index (Phi) is 6.25. The van der Waals surface area contributed by atoms with Crippen molar-refractivity contribution in [2.45, 2.75) is 32.2 Å². The van der Waals surface area contributed by atoms with Gasteiger partial charge in [-0.3, -0.25) is 4.79 Å². The highest BCUT2D eigenvalue weighted by atomic mass is 16.5. The van der Waals surface area contributed by atoms with Crippen LogP contribution >= 0.6 is 0 Å². The number of nitrogens with zero attached hydrogens (tertiary/aromatic N) is 1. The Morgan fingerprint density at radius 3 is 2.31 bits per heavy atom. The fourth-order valence-electron chi connectivity index (χ4n) is 4.24. The van der Waals surface area contributed by atoms with Gasteiger partial charge in [-0.05, 0) is 37.8 Å². The third-order valence-corrected chi connectivity index (χ3v) is 5.56. The maximum atomic E-state index is 12.7. The number of rotatable bonds is 6. The molecule has 6 nitrogen and oxygen atoms in total. The van der Waals surface area contributed by atoms with Gasteiger partial charge >= 0.3 is 0 Å². The lowest BCUT2D eigenvalue weighted by Gasteiger charge is -2.31. The van der Waals surface area contributed by atoms with Gasteiger partial charge in [0.2, 0.25) is 11.7 Å². The molecule has 2 fully saturated rings. The molecule has 1 unspecified atom stereocenters. The number of piperidine rings is 1. The van der Waals surface area contributed by atoms with E-state index in [-0.39, 0.29) is 5.92 Å². The summed E-state index contributed by atoms with van der Waals surface area (Å²) in [5.41, 5.74) is 1.14. The number of methoxy groups -OCH3 is 3. The molecular formula is C20H31N2O4+. The van der Waals surface area contributed by atoms with Crippen molar-refractivity contribution in [3.05, 3.63) is 17.7 Å². The van der Waals surface area contributed by atoms with Crippen LogP contribution in [-0.2, 0) is 11.3 Å².